The summed E-state index contributed by atoms with van der Waals surface area (Å²) in [5.74, 6) is 0.834. The summed E-state index contributed by atoms with van der Waals surface area (Å²) in [6.45, 7) is 10.4. The lowest BCUT2D eigenvalue weighted by Gasteiger charge is -2.20. The predicted octanol–water partition coefficient (Wildman–Crippen LogP) is 5.14. The van der Waals surface area contributed by atoms with E-state index in [0.717, 1.165) is 11.4 Å². The fourth-order valence-corrected chi connectivity index (χ4v) is 2.88. The van der Waals surface area contributed by atoms with Gasteiger partial charge in [0, 0.05) is 11.8 Å². The highest BCUT2D eigenvalue weighted by Gasteiger charge is 2.10. The van der Waals surface area contributed by atoms with Crippen molar-refractivity contribution in [1.82, 2.24) is 5.32 Å². The summed E-state index contributed by atoms with van der Waals surface area (Å²) in [6, 6.07) is 14.4. The number of anilines is 1. The predicted molar refractivity (Wildman–Crippen MR) is 106 cm³/mol. The van der Waals surface area contributed by atoms with Crippen LogP contribution in [-0.4, -0.2) is 11.2 Å². The molecule has 0 saturated carbocycles. The van der Waals surface area contributed by atoms with Gasteiger partial charge in [0.15, 0.2) is 5.11 Å². The third-order valence-corrected chi connectivity index (χ3v) is 3.93. The number of rotatable bonds is 5. The number of hydrogen-bond donors (Lipinski definition) is 2. The summed E-state index contributed by atoms with van der Waals surface area (Å²) in [6.07, 6.45) is 0.148. The maximum atomic E-state index is 5.71. The molecular formula is C20H26N2OS. The summed E-state index contributed by atoms with van der Waals surface area (Å²) in [7, 11) is 0. The molecule has 2 N–H and O–H groups in total. The normalized spacial score (nSPS) is 11.9. The summed E-state index contributed by atoms with van der Waals surface area (Å²) < 4.78 is 5.71. The molecule has 2 aromatic rings. The van der Waals surface area contributed by atoms with E-state index in [2.05, 4.69) is 49.6 Å². The molecule has 0 spiro atoms. The molecule has 0 aliphatic heterocycles. The van der Waals surface area contributed by atoms with Crippen LogP contribution in [0.3, 0.4) is 0 Å². The van der Waals surface area contributed by atoms with Gasteiger partial charge in [-0.25, -0.2) is 0 Å². The largest absolute Gasteiger partial charge is 0.491 e. The molecular weight excluding hydrogens is 316 g/mol. The second-order valence-corrected chi connectivity index (χ2v) is 6.78. The van der Waals surface area contributed by atoms with E-state index in [0.29, 0.717) is 5.11 Å². The van der Waals surface area contributed by atoms with E-state index in [1.165, 1.54) is 16.7 Å². The molecule has 1 unspecified atom stereocenters. The van der Waals surface area contributed by atoms with E-state index in [-0.39, 0.29) is 12.1 Å². The van der Waals surface area contributed by atoms with E-state index in [9.17, 15) is 0 Å². The zero-order chi connectivity index (χ0) is 17.7. The number of ether oxygens (including phenoxy) is 1. The molecule has 0 radical (unpaired) electrons. The Labute approximate surface area is 150 Å². The monoisotopic (exact) mass is 342 g/mol. The number of thiocarbonyl (C=S) groups is 1. The van der Waals surface area contributed by atoms with Crippen LogP contribution in [0.25, 0.3) is 0 Å². The zero-order valence-corrected chi connectivity index (χ0v) is 15.8. The first-order valence-electron chi connectivity index (χ1n) is 8.26. The van der Waals surface area contributed by atoms with E-state index in [1.807, 2.05) is 38.1 Å². The highest BCUT2D eigenvalue weighted by atomic mass is 32.1. The fourth-order valence-electron chi connectivity index (χ4n) is 2.59. The van der Waals surface area contributed by atoms with Gasteiger partial charge in [-0.15, -0.1) is 0 Å². The van der Waals surface area contributed by atoms with Crippen molar-refractivity contribution in [1.29, 1.82) is 0 Å². The molecule has 1 atom stereocenters. The molecule has 24 heavy (non-hydrogen) atoms. The molecule has 0 heterocycles. The summed E-state index contributed by atoms with van der Waals surface area (Å²) in [5.41, 5.74) is 4.69. The maximum Gasteiger partial charge on any atom is 0.171 e. The summed E-state index contributed by atoms with van der Waals surface area (Å²) in [4.78, 5) is 0. The SMILES string of the molecule is Cc1ccc(C)c(C(C)NC(=S)Nc2cccc(OC(C)C)c2)c1. The van der Waals surface area contributed by atoms with Crippen LogP contribution in [0, 0.1) is 13.8 Å². The minimum absolute atomic E-state index is 0.139. The summed E-state index contributed by atoms with van der Waals surface area (Å²) >= 11 is 5.46. The van der Waals surface area contributed by atoms with Crippen molar-refractivity contribution in [3.05, 3.63) is 59.2 Å². The van der Waals surface area contributed by atoms with Crippen molar-refractivity contribution in [3.63, 3.8) is 0 Å². The van der Waals surface area contributed by atoms with Crippen LogP contribution in [0.5, 0.6) is 5.75 Å². The van der Waals surface area contributed by atoms with Gasteiger partial charge in [0.25, 0.3) is 0 Å². The molecule has 0 saturated heterocycles. The lowest BCUT2D eigenvalue weighted by molar-refractivity contribution is 0.242. The van der Waals surface area contributed by atoms with Gasteiger partial charge in [-0.05, 0) is 70.1 Å². The van der Waals surface area contributed by atoms with E-state index < -0.39 is 0 Å². The van der Waals surface area contributed by atoms with Crippen molar-refractivity contribution in [2.75, 3.05) is 5.32 Å². The van der Waals surface area contributed by atoms with Crippen LogP contribution in [-0.2, 0) is 0 Å². The second kappa shape index (κ2) is 8.15. The number of hydrogen-bond acceptors (Lipinski definition) is 2. The van der Waals surface area contributed by atoms with Gasteiger partial charge >= 0.3 is 0 Å². The minimum atomic E-state index is 0.139. The van der Waals surface area contributed by atoms with Crippen LogP contribution in [0.4, 0.5) is 5.69 Å². The van der Waals surface area contributed by atoms with Crippen LogP contribution >= 0.6 is 12.2 Å². The van der Waals surface area contributed by atoms with Crippen molar-refractivity contribution < 1.29 is 4.74 Å². The molecule has 3 nitrogen and oxygen atoms in total. The Hall–Kier alpha value is -2.07. The van der Waals surface area contributed by atoms with Gasteiger partial charge in [-0.3, -0.25) is 0 Å². The third-order valence-electron chi connectivity index (χ3n) is 3.71. The average molecular weight is 343 g/mol. The number of aryl methyl sites for hydroxylation is 2. The second-order valence-electron chi connectivity index (χ2n) is 6.37. The Balaban J connectivity index is 2.01. The molecule has 0 aliphatic rings. The number of nitrogens with one attached hydrogen (secondary N) is 2. The highest BCUT2D eigenvalue weighted by Crippen LogP contribution is 2.21. The van der Waals surface area contributed by atoms with E-state index >= 15 is 0 Å². The molecule has 0 fully saturated rings. The first-order valence-corrected chi connectivity index (χ1v) is 8.67. The smallest absolute Gasteiger partial charge is 0.171 e. The number of benzene rings is 2. The third kappa shape index (κ3) is 5.24. The quantitative estimate of drug-likeness (QED) is 0.737. The van der Waals surface area contributed by atoms with Crippen molar-refractivity contribution in [3.8, 4) is 5.75 Å². The Morgan fingerprint density at radius 3 is 2.50 bits per heavy atom. The van der Waals surface area contributed by atoms with Crippen LogP contribution < -0.4 is 15.4 Å². The average Bonchev–Trinajstić information content (AvgIpc) is 2.49. The standard InChI is InChI=1S/C20H26N2OS/c1-13(2)23-18-8-6-7-17(12-18)22-20(24)21-16(5)19-11-14(3)9-10-15(19)4/h6-13,16H,1-5H3,(H2,21,22,24). The van der Waals surface area contributed by atoms with Gasteiger partial charge < -0.3 is 15.4 Å². The molecule has 0 aromatic heterocycles. The minimum Gasteiger partial charge on any atom is -0.491 e. The Morgan fingerprint density at radius 2 is 1.79 bits per heavy atom. The molecule has 0 bridgehead atoms. The van der Waals surface area contributed by atoms with Crippen molar-refractivity contribution in [2.24, 2.45) is 0 Å². The van der Waals surface area contributed by atoms with Crippen LogP contribution in [0.15, 0.2) is 42.5 Å². The highest BCUT2D eigenvalue weighted by molar-refractivity contribution is 7.80. The van der Waals surface area contributed by atoms with Gasteiger partial charge in [0.2, 0.25) is 0 Å². The van der Waals surface area contributed by atoms with Crippen molar-refractivity contribution >= 4 is 23.0 Å². The van der Waals surface area contributed by atoms with Crippen molar-refractivity contribution in [2.45, 2.75) is 46.8 Å². The van der Waals surface area contributed by atoms with Crippen LogP contribution in [0.1, 0.15) is 43.5 Å². The molecule has 2 rings (SSSR count). The topological polar surface area (TPSA) is 33.3 Å². The molecule has 0 aliphatic carbocycles. The molecule has 128 valence electrons. The van der Waals surface area contributed by atoms with Gasteiger partial charge in [0.1, 0.15) is 5.75 Å². The van der Waals surface area contributed by atoms with Gasteiger partial charge in [-0.1, -0.05) is 29.8 Å². The molecule has 0 amide bonds. The van der Waals surface area contributed by atoms with Crippen LogP contribution in [0.2, 0.25) is 0 Å². The van der Waals surface area contributed by atoms with E-state index in [1.54, 1.807) is 0 Å². The van der Waals surface area contributed by atoms with Gasteiger partial charge in [0.05, 0.1) is 12.1 Å². The molecule has 4 heteroatoms. The first kappa shape index (κ1) is 18.3. The van der Waals surface area contributed by atoms with Gasteiger partial charge in [-0.2, -0.15) is 0 Å². The maximum absolute atomic E-state index is 5.71. The zero-order valence-electron chi connectivity index (χ0n) is 15.0. The summed E-state index contributed by atoms with van der Waals surface area (Å²) in [5, 5.41) is 7.19. The Morgan fingerprint density at radius 1 is 1.04 bits per heavy atom. The molecule has 2 aromatic carbocycles. The lowest BCUT2D eigenvalue weighted by Crippen LogP contribution is -2.31. The Bertz CT molecular complexity index is 713. The lowest BCUT2D eigenvalue weighted by atomic mass is 10.0. The Kier molecular flexibility index (Phi) is 6.21. The first-order chi connectivity index (χ1) is 11.3. The van der Waals surface area contributed by atoms with E-state index in [4.69, 9.17) is 17.0 Å². The fraction of sp³-hybridized carbons (Fsp3) is 0.350.